The minimum atomic E-state index is -0.240. The van der Waals surface area contributed by atoms with Crippen molar-refractivity contribution < 1.29 is 14.7 Å². The zero-order valence-electron chi connectivity index (χ0n) is 12.1. The fourth-order valence-electron chi connectivity index (χ4n) is 2.01. The summed E-state index contributed by atoms with van der Waals surface area (Å²) in [5.74, 6) is -0.196. The fourth-order valence-corrected chi connectivity index (χ4v) is 2.13. The number of carbonyl (C=O) groups is 2. The van der Waals surface area contributed by atoms with E-state index in [1.165, 1.54) is 6.07 Å². The van der Waals surface area contributed by atoms with Gasteiger partial charge in [-0.05, 0) is 55.0 Å². The predicted octanol–water partition coefficient (Wildman–Crippen LogP) is 3.96. The smallest absolute Gasteiger partial charge is 0.224 e. The molecule has 2 aromatic rings. The van der Waals surface area contributed by atoms with Gasteiger partial charge in [0, 0.05) is 29.1 Å². The number of halogens is 1. The summed E-state index contributed by atoms with van der Waals surface area (Å²) in [6.07, 6.45) is 0.229. The summed E-state index contributed by atoms with van der Waals surface area (Å²) in [5, 5.41) is 12.6. The average molecular weight is 318 g/mol. The first-order valence-corrected chi connectivity index (χ1v) is 7.22. The number of nitrogens with one attached hydrogen (secondary N) is 1. The molecule has 2 N–H and O–H groups in total. The SMILES string of the molecule is Cc1cc(O)ccc1NC(=O)CCC(=O)c1ccc(Cl)cc1. The Morgan fingerprint density at radius 1 is 1.09 bits per heavy atom. The van der Waals surface area contributed by atoms with Crippen molar-refractivity contribution in [2.75, 3.05) is 5.32 Å². The van der Waals surface area contributed by atoms with Crippen LogP contribution in [0, 0.1) is 6.92 Å². The Morgan fingerprint density at radius 3 is 2.41 bits per heavy atom. The molecule has 2 rings (SSSR count). The lowest BCUT2D eigenvalue weighted by Crippen LogP contribution is -2.14. The number of phenols is 1. The maximum Gasteiger partial charge on any atom is 0.224 e. The van der Waals surface area contributed by atoms with Crippen molar-refractivity contribution in [3.63, 3.8) is 0 Å². The quantitative estimate of drug-likeness (QED) is 0.648. The number of ketones is 1. The first-order chi connectivity index (χ1) is 10.5. The third-order valence-corrected chi connectivity index (χ3v) is 3.48. The number of hydrogen-bond donors (Lipinski definition) is 2. The third kappa shape index (κ3) is 4.33. The molecule has 0 fully saturated rings. The molecule has 2 aromatic carbocycles. The van der Waals surface area contributed by atoms with E-state index in [4.69, 9.17) is 11.6 Å². The van der Waals surface area contributed by atoms with Crippen molar-refractivity contribution in [1.82, 2.24) is 0 Å². The average Bonchev–Trinajstić information content (AvgIpc) is 2.48. The second-order valence-corrected chi connectivity index (χ2v) is 5.41. The molecule has 4 nitrogen and oxygen atoms in total. The van der Waals surface area contributed by atoms with E-state index in [9.17, 15) is 14.7 Å². The molecule has 0 saturated carbocycles. The number of amides is 1. The number of carbonyl (C=O) groups excluding carboxylic acids is 2. The Morgan fingerprint density at radius 2 is 1.77 bits per heavy atom. The molecule has 0 unspecified atom stereocenters. The highest BCUT2D eigenvalue weighted by atomic mass is 35.5. The molecule has 114 valence electrons. The van der Waals surface area contributed by atoms with Crippen LogP contribution in [0.5, 0.6) is 5.75 Å². The van der Waals surface area contributed by atoms with Crippen molar-refractivity contribution >= 4 is 29.0 Å². The lowest BCUT2D eigenvalue weighted by Gasteiger charge is -2.08. The summed E-state index contributed by atoms with van der Waals surface area (Å²) in [7, 11) is 0. The maximum absolute atomic E-state index is 12.0. The van der Waals surface area contributed by atoms with E-state index in [1.807, 2.05) is 0 Å². The van der Waals surface area contributed by atoms with Gasteiger partial charge in [-0.25, -0.2) is 0 Å². The van der Waals surface area contributed by atoms with Gasteiger partial charge in [-0.3, -0.25) is 9.59 Å². The molecule has 0 atom stereocenters. The third-order valence-electron chi connectivity index (χ3n) is 3.23. The van der Waals surface area contributed by atoms with Crippen LogP contribution in [0.3, 0.4) is 0 Å². The summed E-state index contributed by atoms with van der Waals surface area (Å²) >= 11 is 5.77. The topological polar surface area (TPSA) is 66.4 Å². The molecule has 0 radical (unpaired) electrons. The van der Waals surface area contributed by atoms with Crippen LogP contribution >= 0.6 is 11.6 Å². The van der Waals surface area contributed by atoms with Crippen molar-refractivity contribution in [1.29, 1.82) is 0 Å². The Balaban J connectivity index is 1.89. The van der Waals surface area contributed by atoms with Crippen LogP contribution in [-0.4, -0.2) is 16.8 Å². The van der Waals surface area contributed by atoms with Gasteiger partial charge in [0.25, 0.3) is 0 Å². The minimum absolute atomic E-state index is 0.0990. The molecule has 0 bridgehead atoms. The summed E-state index contributed by atoms with van der Waals surface area (Å²) in [6.45, 7) is 1.79. The van der Waals surface area contributed by atoms with E-state index in [-0.39, 0.29) is 30.3 Å². The Hall–Kier alpha value is -2.33. The molecule has 1 amide bonds. The number of aromatic hydroxyl groups is 1. The Kier molecular flexibility index (Phi) is 5.17. The normalized spacial score (nSPS) is 10.3. The summed E-state index contributed by atoms with van der Waals surface area (Å²) in [4.78, 5) is 23.9. The molecule has 0 aliphatic heterocycles. The van der Waals surface area contributed by atoms with Crippen LogP contribution in [0.2, 0.25) is 5.02 Å². The number of anilines is 1. The van der Waals surface area contributed by atoms with E-state index in [0.29, 0.717) is 16.3 Å². The molecule has 0 aliphatic carbocycles. The largest absolute Gasteiger partial charge is 0.508 e. The van der Waals surface area contributed by atoms with Crippen LogP contribution in [0.4, 0.5) is 5.69 Å². The number of Topliss-reactive ketones (excluding diaryl/α,β-unsaturated/α-hetero) is 1. The molecule has 0 saturated heterocycles. The van der Waals surface area contributed by atoms with E-state index in [2.05, 4.69) is 5.32 Å². The molecule has 0 spiro atoms. The predicted molar refractivity (Wildman–Crippen MR) is 86.5 cm³/mol. The van der Waals surface area contributed by atoms with Gasteiger partial charge in [0.1, 0.15) is 5.75 Å². The number of aryl methyl sites for hydroxylation is 1. The second-order valence-electron chi connectivity index (χ2n) is 4.98. The van der Waals surface area contributed by atoms with Gasteiger partial charge >= 0.3 is 0 Å². The van der Waals surface area contributed by atoms with Gasteiger partial charge in [-0.2, -0.15) is 0 Å². The lowest BCUT2D eigenvalue weighted by molar-refractivity contribution is -0.116. The number of rotatable bonds is 5. The first kappa shape index (κ1) is 16.0. The Bertz CT molecular complexity index is 696. The number of phenolic OH excluding ortho intramolecular Hbond substituents is 1. The molecule has 0 aliphatic rings. The van der Waals surface area contributed by atoms with Crippen LogP contribution in [-0.2, 0) is 4.79 Å². The van der Waals surface area contributed by atoms with Gasteiger partial charge in [-0.1, -0.05) is 11.6 Å². The Labute approximate surface area is 133 Å². The highest BCUT2D eigenvalue weighted by molar-refractivity contribution is 6.30. The highest BCUT2D eigenvalue weighted by Crippen LogP contribution is 2.20. The van der Waals surface area contributed by atoms with E-state index >= 15 is 0 Å². The molecule has 0 heterocycles. The first-order valence-electron chi connectivity index (χ1n) is 6.84. The number of hydrogen-bond acceptors (Lipinski definition) is 3. The van der Waals surface area contributed by atoms with Crippen molar-refractivity contribution in [2.24, 2.45) is 0 Å². The van der Waals surface area contributed by atoms with E-state index in [0.717, 1.165) is 5.56 Å². The summed E-state index contributed by atoms with van der Waals surface area (Å²) in [6, 6.07) is 11.3. The van der Waals surface area contributed by atoms with Crippen molar-refractivity contribution in [3.8, 4) is 5.75 Å². The van der Waals surface area contributed by atoms with Crippen LogP contribution in [0.25, 0.3) is 0 Å². The van der Waals surface area contributed by atoms with Gasteiger partial charge in [-0.15, -0.1) is 0 Å². The molecular formula is C17H16ClNO3. The zero-order valence-corrected chi connectivity index (χ0v) is 12.9. The molecular weight excluding hydrogens is 302 g/mol. The van der Waals surface area contributed by atoms with Gasteiger partial charge in [0.05, 0.1) is 0 Å². The highest BCUT2D eigenvalue weighted by Gasteiger charge is 2.10. The van der Waals surface area contributed by atoms with Crippen molar-refractivity contribution in [3.05, 3.63) is 58.6 Å². The molecule has 0 aromatic heterocycles. The van der Waals surface area contributed by atoms with Gasteiger partial charge in [0.2, 0.25) is 5.91 Å². The molecule has 22 heavy (non-hydrogen) atoms. The summed E-state index contributed by atoms with van der Waals surface area (Å²) in [5.41, 5.74) is 1.93. The fraction of sp³-hybridized carbons (Fsp3) is 0.176. The maximum atomic E-state index is 12.0. The minimum Gasteiger partial charge on any atom is -0.508 e. The second kappa shape index (κ2) is 7.09. The monoisotopic (exact) mass is 317 g/mol. The van der Waals surface area contributed by atoms with Gasteiger partial charge in [0.15, 0.2) is 5.78 Å². The number of benzene rings is 2. The van der Waals surface area contributed by atoms with Crippen molar-refractivity contribution in [2.45, 2.75) is 19.8 Å². The van der Waals surface area contributed by atoms with Crippen LogP contribution < -0.4 is 5.32 Å². The zero-order chi connectivity index (χ0) is 16.1. The van der Waals surface area contributed by atoms with Crippen LogP contribution in [0.15, 0.2) is 42.5 Å². The summed E-state index contributed by atoms with van der Waals surface area (Å²) < 4.78 is 0. The molecule has 5 heteroatoms. The van der Waals surface area contributed by atoms with E-state index < -0.39 is 0 Å². The van der Waals surface area contributed by atoms with E-state index in [1.54, 1.807) is 43.3 Å². The van der Waals surface area contributed by atoms with Gasteiger partial charge < -0.3 is 10.4 Å². The lowest BCUT2D eigenvalue weighted by atomic mass is 10.1. The standard InChI is InChI=1S/C17H16ClNO3/c1-11-10-14(20)6-7-15(11)19-17(22)9-8-16(21)12-2-4-13(18)5-3-12/h2-7,10,20H,8-9H2,1H3,(H,19,22). The van der Waals surface area contributed by atoms with Crippen LogP contribution in [0.1, 0.15) is 28.8 Å².